The summed E-state index contributed by atoms with van der Waals surface area (Å²) in [5.41, 5.74) is 5.46. The third-order valence-electron chi connectivity index (χ3n) is 3.60. The van der Waals surface area contributed by atoms with Crippen molar-refractivity contribution in [2.24, 2.45) is 5.73 Å². The summed E-state index contributed by atoms with van der Waals surface area (Å²) in [6.07, 6.45) is 0.884. The number of carbonyl (C=O) groups is 1. The first kappa shape index (κ1) is 17.2. The highest BCUT2D eigenvalue weighted by Gasteiger charge is 2.43. The van der Waals surface area contributed by atoms with E-state index in [4.69, 9.17) is 15.2 Å². The second-order valence-electron chi connectivity index (χ2n) is 5.72. The quantitative estimate of drug-likeness (QED) is 0.505. The van der Waals surface area contributed by atoms with Gasteiger partial charge in [-0.1, -0.05) is 4.78 Å². The summed E-state index contributed by atoms with van der Waals surface area (Å²) in [5.74, 6) is -0.619. The molecule has 2 radical (unpaired) electrons. The van der Waals surface area contributed by atoms with Gasteiger partial charge < -0.3 is 25.6 Å². The Kier molecular flexibility index (Phi) is 5.42. The van der Waals surface area contributed by atoms with E-state index in [1.165, 1.54) is 12.3 Å². The maximum absolute atomic E-state index is 11.1. The summed E-state index contributed by atoms with van der Waals surface area (Å²) in [6, 6.07) is 3.14. The molecule has 2 unspecified atom stereocenters. The van der Waals surface area contributed by atoms with Crippen LogP contribution in [0, 0.1) is 0 Å². The lowest BCUT2D eigenvalue weighted by atomic mass is 10.0. The number of anilines is 1. The van der Waals surface area contributed by atoms with Crippen molar-refractivity contribution in [2.75, 3.05) is 19.0 Å². The van der Waals surface area contributed by atoms with Crippen LogP contribution in [0.3, 0.4) is 0 Å². The molecule has 0 aliphatic carbocycles. The van der Waals surface area contributed by atoms with Crippen molar-refractivity contribution in [1.29, 1.82) is 0 Å². The molecular formula is C14H20AlN3O4. The number of rotatable bonds is 6. The molecule has 118 valence electrons. The number of pyridine rings is 1. The van der Waals surface area contributed by atoms with E-state index in [-0.39, 0.29) is 10.5 Å². The van der Waals surface area contributed by atoms with Crippen molar-refractivity contribution >= 4 is 27.9 Å². The molecule has 2 heterocycles. The monoisotopic (exact) mass is 321 g/mol. The minimum absolute atomic E-state index is 0.0834. The summed E-state index contributed by atoms with van der Waals surface area (Å²) >= 11 is 2.70. The molecule has 8 heteroatoms. The van der Waals surface area contributed by atoms with Gasteiger partial charge in [0.1, 0.15) is 28.2 Å². The van der Waals surface area contributed by atoms with Gasteiger partial charge >= 0.3 is 0 Å². The maximum Gasteiger partial charge on any atom is 0.267 e. The first-order valence-corrected chi connectivity index (χ1v) is 7.64. The number of hydrogen-bond donors (Lipinski definition) is 3. The van der Waals surface area contributed by atoms with Gasteiger partial charge in [0.2, 0.25) is 0 Å². The molecule has 7 nitrogen and oxygen atoms in total. The highest BCUT2D eigenvalue weighted by atomic mass is 27.0. The Morgan fingerprint density at radius 3 is 3.14 bits per heavy atom. The first-order valence-electron chi connectivity index (χ1n) is 6.97. The molecule has 0 aromatic carbocycles. The molecule has 2 rings (SSSR count). The molecule has 0 saturated carbocycles. The Balaban J connectivity index is 2.04. The van der Waals surface area contributed by atoms with E-state index in [9.17, 15) is 9.90 Å². The van der Waals surface area contributed by atoms with Crippen LogP contribution in [0.5, 0.6) is 0 Å². The van der Waals surface area contributed by atoms with Crippen LogP contribution >= 0.6 is 0 Å². The van der Waals surface area contributed by atoms with Crippen LogP contribution in [0.2, 0.25) is 4.78 Å². The van der Waals surface area contributed by atoms with Gasteiger partial charge in [0.15, 0.2) is 0 Å². The number of ether oxygens (including phenoxy) is 2. The zero-order valence-corrected chi connectivity index (χ0v) is 13.8. The molecule has 4 N–H and O–H groups in total. The van der Waals surface area contributed by atoms with Gasteiger partial charge in [-0.15, -0.1) is 0 Å². The highest BCUT2D eigenvalue weighted by molar-refractivity contribution is 6.12. The van der Waals surface area contributed by atoms with Gasteiger partial charge in [0, 0.05) is 19.0 Å². The number of hydrogen-bond acceptors (Lipinski definition) is 6. The maximum atomic E-state index is 11.1. The largest absolute Gasteiger partial charge is 0.382 e. The van der Waals surface area contributed by atoms with Crippen molar-refractivity contribution in [3.8, 4) is 0 Å². The number of nitrogens with zero attached hydrogens (tertiary/aromatic N) is 1. The predicted octanol–water partition coefficient (Wildman–Crippen LogP) is 0.0618. The molecule has 1 amide bonds. The van der Waals surface area contributed by atoms with Crippen molar-refractivity contribution in [2.45, 2.75) is 36.1 Å². The van der Waals surface area contributed by atoms with Gasteiger partial charge in [-0.3, -0.25) is 9.78 Å². The van der Waals surface area contributed by atoms with E-state index in [1.54, 1.807) is 13.2 Å². The Bertz CT molecular complexity index is 545. The molecule has 22 heavy (non-hydrogen) atoms. The number of aliphatic hydroxyl groups excluding tert-OH is 1. The second-order valence-corrected chi connectivity index (χ2v) is 6.57. The SMILES string of the molecule is COC[C@@]1(C)C[C@@H]([Al])C(C(O)Nc2ccnc(C(N)=O)c2)O1. The summed E-state index contributed by atoms with van der Waals surface area (Å²) in [5, 5.41) is 13.3. The Morgan fingerprint density at radius 2 is 2.50 bits per heavy atom. The molecule has 1 saturated heterocycles. The Morgan fingerprint density at radius 1 is 1.77 bits per heavy atom. The van der Waals surface area contributed by atoms with E-state index < -0.39 is 23.8 Å². The Hall–Kier alpha value is -1.17. The van der Waals surface area contributed by atoms with Crippen LogP contribution < -0.4 is 11.1 Å². The van der Waals surface area contributed by atoms with Crippen molar-refractivity contribution in [3.63, 3.8) is 0 Å². The zero-order valence-electron chi connectivity index (χ0n) is 12.7. The number of carbonyl (C=O) groups excluding carboxylic acids is 1. The lowest BCUT2D eigenvalue weighted by Gasteiger charge is -2.27. The number of nitrogens with two attached hydrogens (primary N) is 1. The second kappa shape index (κ2) is 6.94. The number of aromatic nitrogens is 1. The third-order valence-corrected chi connectivity index (χ3v) is 4.21. The van der Waals surface area contributed by atoms with Gasteiger partial charge in [0.25, 0.3) is 5.91 Å². The van der Waals surface area contributed by atoms with Gasteiger partial charge in [-0.2, -0.15) is 0 Å². The van der Waals surface area contributed by atoms with Gasteiger partial charge in [-0.05, 0) is 25.5 Å². The summed E-state index contributed by atoms with van der Waals surface area (Å²) in [4.78, 5) is 15.0. The van der Waals surface area contributed by atoms with Crippen LogP contribution in [0.1, 0.15) is 23.8 Å². The summed E-state index contributed by atoms with van der Waals surface area (Å²) in [7, 11) is 1.62. The van der Waals surface area contributed by atoms with Crippen molar-refractivity contribution in [3.05, 3.63) is 24.0 Å². The minimum atomic E-state index is -0.927. The molecule has 4 atom stereocenters. The fraction of sp³-hybridized carbons (Fsp3) is 0.571. The number of amides is 1. The summed E-state index contributed by atoms with van der Waals surface area (Å²) < 4.78 is 11.2. The number of primary amides is 1. The Labute approximate surface area is 137 Å². The van der Waals surface area contributed by atoms with Crippen molar-refractivity contribution < 1.29 is 19.4 Å². The number of aliphatic hydroxyl groups is 1. The van der Waals surface area contributed by atoms with E-state index in [2.05, 4.69) is 26.6 Å². The zero-order chi connectivity index (χ0) is 16.3. The average Bonchev–Trinajstić information content (AvgIpc) is 2.74. The molecule has 0 bridgehead atoms. The predicted molar refractivity (Wildman–Crippen MR) is 81.7 cm³/mol. The van der Waals surface area contributed by atoms with Crippen LogP contribution in [0.4, 0.5) is 5.69 Å². The third kappa shape index (κ3) is 3.97. The lowest BCUT2D eigenvalue weighted by Crippen LogP contribution is -2.38. The van der Waals surface area contributed by atoms with Crippen LogP contribution in [-0.4, -0.2) is 63.9 Å². The normalized spacial score (nSPS) is 29.2. The molecular weight excluding hydrogens is 301 g/mol. The van der Waals surface area contributed by atoms with Crippen molar-refractivity contribution in [1.82, 2.24) is 4.98 Å². The lowest BCUT2D eigenvalue weighted by molar-refractivity contribution is -0.0991. The van der Waals surface area contributed by atoms with E-state index in [0.29, 0.717) is 12.3 Å². The van der Waals surface area contributed by atoms with Crippen LogP contribution in [-0.2, 0) is 9.47 Å². The molecule has 0 spiro atoms. The first-order chi connectivity index (χ1) is 10.3. The van der Waals surface area contributed by atoms with Gasteiger partial charge in [-0.25, -0.2) is 0 Å². The standard InChI is InChI=1S/C14H20N3O4.Al/c1-14(8-20-2)5-3-11(21-14)13(19)17-9-4-6-16-10(7-9)12(15)18;/h3-4,6-7,11,13,19H,5,8H2,1-2H3,(H2,15,18)(H,16,17);/t11?,13?,14-;/m1./s1. The average molecular weight is 321 g/mol. The van der Waals surface area contributed by atoms with E-state index >= 15 is 0 Å². The highest BCUT2D eigenvalue weighted by Crippen LogP contribution is 2.38. The molecule has 1 aliphatic heterocycles. The van der Waals surface area contributed by atoms with E-state index in [1.807, 2.05) is 6.92 Å². The number of methoxy groups -OCH3 is 1. The minimum Gasteiger partial charge on any atom is -0.382 e. The molecule has 1 aromatic rings. The molecule has 1 aliphatic rings. The fourth-order valence-electron chi connectivity index (χ4n) is 2.68. The number of nitrogens with one attached hydrogen (secondary N) is 1. The topological polar surface area (TPSA) is 107 Å². The summed E-state index contributed by atoms with van der Waals surface area (Å²) in [6.45, 7) is 2.42. The van der Waals surface area contributed by atoms with Crippen LogP contribution in [0.25, 0.3) is 0 Å². The van der Waals surface area contributed by atoms with Gasteiger partial charge in [0.05, 0.1) is 18.3 Å². The van der Waals surface area contributed by atoms with Crippen LogP contribution in [0.15, 0.2) is 18.3 Å². The van der Waals surface area contributed by atoms with E-state index in [0.717, 1.165) is 6.42 Å². The fourth-order valence-corrected chi connectivity index (χ4v) is 3.47. The molecule has 1 fully saturated rings. The molecule has 1 aromatic heterocycles. The smallest absolute Gasteiger partial charge is 0.267 e.